The van der Waals surface area contributed by atoms with Gasteiger partial charge in [-0.05, 0) is 18.4 Å². The Hall–Kier alpha value is -2.19. The molecule has 1 aromatic rings. The number of methoxy groups -OCH3 is 1. The lowest BCUT2D eigenvalue weighted by molar-refractivity contribution is -0.384. The molecular weight excluding hydrogens is 322 g/mol. The van der Waals surface area contributed by atoms with Gasteiger partial charge in [-0.15, -0.1) is 0 Å². The number of nitrogens with zero attached hydrogens (tertiary/aromatic N) is 3. The molecule has 8 heteroatoms. The molecule has 1 saturated heterocycles. The van der Waals surface area contributed by atoms with E-state index in [2.05, 4.69) is 20.5 Å². The summed E-state index contributed by atoms with van der Waals surface area (Å²) in [5.41, 5.74) is 0.956. The van der Waals surface area contributed by atoms with Crippen LogP contribution in [0.4, 0.5) is 5.69 Å². The van der Waals surface area contributed by atoms with E-state index in [1.807, 2.05) is 6.07 Å². The van der Waals surface area contributed by atoms with Crippen molar-refractivity contribution in [1.29, 1.82) is 0 Å². The third kappa shape index (κ3) is 6.32. The van der Waals surface area contributed by atoms with Crippen molar-refractivity contribution in [3.63, 3.8) is 0 Å². The zero-order valence-corrected chi connectivity index (χ0v) is 14.9. The second-order valence-electron chi connectivity index (χ2n) is 6.11. The lowest BCUT2D eigenvalue weighted by atomic mass is 10.1. The van der Waals surface area contributed by atoms with Gasteiger partial charge in [0.05, 0.1) is 11.5 Å². The van der Waals surface area contributed by atoms with Crippen LogP contribution in [0.25, 0.3) is 0 Å². The molecule has 0 aromatic heterocycles. The highest BCUT2D eigenvalue weighted by atomic mass is 16.6. The first kappa shape index (κ1) is 19.1. The first-order valence-electron chi connectivity index (χ1n) is 8.54. The molecule has 1 heterocycles. The summed E-state index contributed by atoms with van der Waals surface area (Å²) in [5, 5.41) is 17.5. The summed E-state index contributed by atoms with van der Waals surface area (Å²) in [6.07, 6.45) is 2.11. The summed E-state index contributed by atoms with van der Waals surface area (Å²) in [4.78, 5) is 17.1. The molecule has 0 aliphatic carbocycles. The summed E-state index contributed by atoms with van der Waals surface area (Å²) >= 11 is 0. The Morgan fingerprint density at radius 1 is 1.44 bits per heavy atom. The van der Waals surface area contributed by atoms with Crippen molar-refractivity contribution in [3.8, 4) is 0 Å². The fourth-order valence-electron chi connectivity index (χ4n) is 2.88. The number of ether oxygens (including phenoxy) is 1. The van der Waals surface area contributed by atoms with E-state index in [9.17, 15) is 10.1 Å². The van der Waals surface area contributed by atoms with E-state index in [-0.39, 0.29) is 10.6 Å². The molecule has 0 amide bonds. The van der Waals surface area contributed by atoms with Gasteiger partial charge in [-0.25, -0.2) is 0 Å². The first-order chi connectivity index (χ1) is 12.1. The predicted molar refractivity (Wildman–Crippen MR) is 97.8 cm³/mol. The number of non-ortho nitro benzene ring substituents is 1. The van der Waals surface area contributed by atoms with Crippen LogP contribution in [-0.4, -0.2) is 62.2 Å². The van der Waals surface area contributed by atoms with Crippen molar-refractivity contribution < 1.29 is 9.66 Å². The number of benzene rings is 1. The third-order valence-corrected chi connectivity index (χ3v) is 4.35. The van der Waals surface area contributed by atoms with Gasteiger partial charge in [-0.3, -0.25) is 15.1 Å². The fourth-order valence-corrected chi connectivity index (χ4v) is 2.88. The van der Waals surface area contributed by atoms with Crippen molar-refractivity contribution in [2.45, 2.75) is 25.4 Å². The molecule has 0 bridgehead atoms. The zero-order chi connectivity index (χ0) is 18.1. The second-order valence-corrected chi connectivity index (χ2v) is 6.11. The molecule has 2 N–H and O–H groups in total. The van der Waals surface area contributed by atoms with Crippen molar-refractivity contribution >= 4 is 11.6 Å². The molecular formula is C17H27N5O3. The van der Waals surface area contributed by atoms with Crippen LogP contribution in [0, 0.1) is 10.1 Å². The van der Waals surface area contributed by atoms with Gasteiger partial charge in [-0.1, -0.05) is 12.1 Å². The number of nitrogens with one attached hydrogen (secondary N) is 2. The number of hydrogen-bond donors (Lipinski definition) is 2. The van der Waals surface area contributed by atoms with Crippen LogP contribution < -0.4 is 10.6 Å². The number of guanidine groups is 1. The summed E-state index contributed by atoms with van der Waals surface area (Å²) in [5.74, 6) is 0.724. The minimum Gasteiger partial charge on any atom is -0.383 e. The summed E-state index contributed by atoms with van der Waals surface area (Å²) < 4.78 is 5.12. The minimum absolute atomic E-state index is 0.102. The number of aliphatic imine (C=N–C) groups is 1. The lowest BCUT2D eigenvalue weighted by Crippen LogP contribution is -2.48. The van der Waals surface area contributed by atoms with E-state index in [4.69, 9.17) is 4.74 Å². The molecule has 25 heavy (non-hydrogen) atoms. The van der Waals surface area contributed by atoms with Crippen LogP contribution in [0.3, 0.4) is 0 Å². The highest BCUT2D eigenvalue weighted by Crippen LogP contribution is 2.13. The number of rotatable bonds is 7. The fraction of sp³-hybridized carbons (Fsp3) is 0.588. The Morgan fingerprint density at radius 3 is 2.84 bits per heavy atom. The predicted octanol–water partition coefficient (Wildman–Crippen LogP) is 1.37. The van der Waals surface area contributed by atoms with Crippen LogP contribution >= 0.6 is 0 Å². The molecule has 1 aromatic carbocycles. The number of nitro benzene ring substituents is 1. The molecule has 1 fully saturated rings. The average molecular weight is 349 g/mol. The maximum atomic E-state index is 10.8. The largest absolute Gasteiger partial charge is 0.383 e. The molecule has 2 rings (SSSR count). The Bertz CT molecular complexity index is 585. The topological polar surface area (TPSA) is 92.0 Å². The van der Waals surface area contributed by atoms with Gasteiger partial charge in [0.15, 0.2) is 5.96 Å². The van der Waals surface area contributed by atoms with Crippen molar-refractivity contribution in [2.75, 3.05) is 40.4 Å². The van der Waals surface area contributed by atoms with Gasteiger partial charge >= 0.3 is 0 Å². The standard InChI is InChI=1S/C17H27N5O3/c1-18-17(19-13-14-4-3-5-16(12-14)22(23)24)20-15-6-8-21(9-7-15)10-11-25-2/h3-5,12,15H,6-11,13H2,1-2H3,(H2,18,19,20). The molecule has 138 valence electrons. The number of nitro groups is 1. The van der Waals surface area contributed by atoms with Crippen molar-refractivity contribution in [1.82, 2.24) is 15.5 Å². The normalized spacial score (nSPS) is 16.6. The van der Waals surface area contributed by atoms with E-state index in [0.29, 0.717) is 12.6 Å². The average Bonchev–Trinajstić information content (AvgIpc) is 2.64. The van der Waals surface area contributed by atoms with Crippen LogP contribution in [0.1, 0.15) is 18.4 Å². The Morgan fingerprint density at radius 2 is 2.20 bits per heavy atom. The SMILES string of the molecule is CN=C(NCc1cccc([N+](=O)[O-])c1)NC1CCN(CCOC)CC1. The van der Waals surface area contributed by atoms with Crippen LogP contribution in [0.2, 0.25) is 0 Å². The number of hydrogen-bond acceptors (Lipinski definition) is 5. The van der Waals surface area contributed by atoms with Crippen LogP contribution in [0.5, 0.6) is 0 Å². The van der Waals surface area contributed by atoms with Gasteiger partial charge < -0.3 is 20.3 Å². The van der Waals surface area contributed by atoms with Crippen molar-refractivity contribution in [3.05, 3.63) is 39.9 Å². The maximum absolute atomic E-state index is 10.8. The van der Waals surface area contributed by atoms with Gasteiger partial charge in [-0.2, -0.15) is 0 Å². The quantitative estimate of drug-likeness (QED) is 0.334. The van der Waals surface area contributed by atoms with E-state index in [1.165, 1.54) is 6.07 Å². The lowest BCUT2D eigenvalue weighted by Gasteiger charge is -2.32. The summed E-state index contributed by atoms with van der Waals surface area (Å²) in [6, 6.07) is 7.01. The van der Waals surface area contributed by atoms with Crippen LogP contribution in [0.15, 0.2) is 29.3 Å². The zero-order valence-electron chi connectivity index (χ0n) is 14.9. The Labute approximate surface area is 148 Å². The van der Waals surface area contributed by atoms with E-state index >= 15 is 0 Å². The van der Waals surface area contributed by atoms with Crippen molar-refractivity contribution in [2.24, 2.45) is 4.99 Å². The van der Waals surface area contributed by atoms with Gasteiger partial charge in [0.1, 0.15) is 0 Å². The van der Waals surface area contributed by atoms with E-state index in [1.54, 1.807) is 26.3 Å². The third-order valence-electron chi connectivity index (χ3n) is 4.35. The van der Waals surface area contributed by atoms with Gasteiger partial charge in [0.2, 0.25) is 0 Å². The highest BCUT2D eigenvalue weighted by Gasteiger charge is 2.19. The molecule has 1 aliphatic rings. The first-order valence-corrected chi connectivity index (χ1v) is 8.54. The minimum atomic E-state index is -0.381. The maximum Gasteiger partial charge on any atom is 0.269 e. The molecule has 8 nitrogen and oxygen atoms in total. The number of likely N-dealkylation sites (tertiary alicyclic amines) is 1. The molecule has 0 unspecified atom stereocenters. The van der Waals surface area contributed by atoms with E-state index < -0.39 is 0 Å². The van der Waals surface area contributed by atoms with Gasteiger partial charge in [0.25, 0.3) is 5.69 Å². The second kappa shape index (κ2) is 9.95. The highest BCUT2D eigenvalue weighted by molar-refractivity contribution is 5.80. The monoisotopic (exact) mass is 349 g/mol. The van der Waals surface area contributed by atoms with Gasteiger partial charge in [0, 0.05) is 58.5 Å². The Kier molecular flexibility index (Phi) is 7.62. The molecule has 0 atom stereocenters. The molecule has 0 radical (unpaired) electrons. The summed E-state index contributed by atoms with van der Waals surface area (Å²) in [6.45, 7) is 4.33. The molecule has 0 saturated carbocycles. The van der Waals surface area contributed by atoms with E-state index in [0.717, 1.165) is 50.6 Å². The Balaban J connectivity index is 1.78. The molecule has 1 aliphatic heterocycles. The molecule has 0 spiro atoms. The number of piperidine rings is 1. The smallest absolute Gasteiger partial charge is 0.269 e. The summed E-state index contributed by atoms with van der Waals surface area (Å²) in [7, 11) is 3.46. The van der Waals surface area contributed by atoms with Crippen LogP contribution in [-0.2, 0) is 11.3 Å².